The summed E-state index contributed by atoms with van der Waals surface area (Å²) in [6.45, 7) is 6.82. The van der Waals surface area contributed by atoms with Crippen molar-refractivity contribution in [3.63, 3.8) is 0 Å². The van der Waals surface area contributed by atoms with Crippen molar-refractivity contribution >= 4 is 5.91 Å². The Labute approximate surface area is 157 Å². The summed E-state index contributed by atoms with van der Waals surface area (Å²) in [4.78, 5) is 20.9. The van der Waals surface area contributed by atoms with Gasteiger partial charge in [-0.1, -0.05) is 12.1 Å². The first kappa shape index (κ1) is 19.5. The smallest absolute Gasteiger partial charge is 0.273 e. The van der Waals surface area contributed by atoms with Crippen LogP contribution in [0.4, 0.5) is 4.39 Å². The first-order valence-electron chi connectivity index (χ1n) is 9.09. The quantitative estimate of drug-likeness (QED) is 0.757. The van der Waals surface area contributed by atoms with Crippen LogP contribution >= 0.6 is 0 Å². The molecule has 1 aromatic carbocycles. The predicted molar refractivity (Wildman–Crippen MR) is 97.5 cm³/mol. The van der Waals surface area contributed by atoms with E-state index in [0.717, 1.165) is 31.7 Å². The standard InChI is InChI=1S/C19H25FN4O3/c1-14(25)11-23-6-8-24(9-7-23)12-18-22-17(13-27-18)19(26)21-10-15-2-4-16(20)5-3-15/h2-5,13-14,25H,6-12H2,1H3,(H,21,26). The number of nitrogens with zero attached hydrogens (tertiary/aromatic N) is 3. The summed E-state index contributed by atoms with van der Waals surface area (Å²) in [5, 5.41) is 12.2. The van der Waals surface area contributed by atoms with Crippen molar-refractivity contribution in [1.29, 1.82) is 0 Å². The van der Waals surface area contributed by atoms with Crippen molar-refractivity contribution in [3.8, 4) is 0 Å². The first-order valence-corrected chi connectivity index (χ1v) is 9.09. The zero-order valence-electron chi connectivity index (χ0n) is 15.4. The monoisotopic (exact) mass is 376 g/mol. The van der Waals surface area contributed by atoms with Crippen LogP contribution in [0.5, 0.6) is 0 Å². The van der Waals surface area contributed by atoms with E-state index in [9.17, 15) is 14.3 Å². The molecular weight excluding hydrogens is 351 g/mol. The minimum atomic E-state index is -0.323. The van der Waals surface area contributed by atoms with E-state index < -0.39 is 0 Å². The number of hydrogen-bond acceptors (Lipinski definition) is 6. The van der Waals surface area contributed by atoms with E-state index in [1.54, 1.807) is 19.1 Å². The Balaban J connectivity index is 1.45. The Morgan fingerprint density at radius 1 is 1.26 bits per heavy atom. The van der Waals surface area contributed by atoms with Gasteiger partial charge in [-0.15, -0.1) is 0 Å². The molecule has 27 heavy (non-hydrogen) atoms. The number of piperazine rings is 1. The molecule has 0 aliphatic carbocycles. The summed E-state index contributed by atoms with van der Waals surface area (Å²) in [5.74, 6) is -0.125. The van der Waals surface area contributed by atoms with E-state index in [4.69, 9.17) is 4.42 Å². The Morgan fingerprint density at radius 2 is 1.93 bits per heavy atom. The molecule has 8 heteroatoms. The number of benzene rings is 1. The highest BCUT2D eigenvalue weighted by Gasteiger charge is 2.20. The van der Waals surface area contributed by atoms with Crippen LogP contribution in [0.25, 0.3) is 0 Å². The van der Waals surface area contributed by atoms with Gasteiger partial charge in [0.15, 0.2) is 5.69 Å². The van der Waals surface area contributed by atoms with Gasteiger partial charge >= 0.3 is 0 Å². The molecule has 1 atom stereocenters. The number of β-amino-alcohol motifs (C(OH)–C–C–N with tert-alkyl or cyclic N) is 1. The van der Waals surface area contributed by atoms with Crippen LogP contribution in [-0.2, 0) is 13.1 Å². The van der Waals surface area contributed by atoms with Crippen LogP contribution in [-0.4, -0.2) is 64.6 Å². The second-order valence-corrected chi connectivity index (χ2v) is 6.86. The number of amides is 1. The van der Waals surface area contributed by atoms with Gasteiger partial charge in [0.2, 0.25) is 5.89 Å². The maximum Gasteiger partial charge on any atom is 0.273 e. The molecule has 0 bridgehead atoms. The van der Waals surface area contributed by atoms with Crippen molar-refractivity contribution in [1.82, 2.24) is 20.1 Å². The Morgan fingerprint density at radius 3 is 2.59 bits per heavy atom. The highest BCUT2D eigenvalue weighted by Crippen LogP contribution is 2.10. The van der Waals surface area contributed by atoms with Gasteiger partial charge in [0.05, 0.1) is 12.6 Å². The number of aliphatic hydroxyl groups excluding tert-OH is 1. The van der Waals surface area contributed by atoms with Crippen LogP contribution in [0.2, 0.25) is 0 Å². The highest BCUT2D eigenvalue weighted by molar-refractivity contribution is 5.91. The third-order valence-corrected chi connectivity index (χ3v) is 4.50. The Kier molecular flexibility index (Phi) is 6.54. The number of hydrogen-bond donors (Lipinski definition) is 2. The van der Waals surface area contributed by atoms with Crippen LogP contribution in [0.1, 0.15) is 28.9 Å². The minimum absolute atomic E-state index is 0.236. The molecular formula is C19H25FN4O3. The minimum Gasteiger partial charge on any atom is -0.447 e. The summed E-state index contributed by atoms with van der Waals surface area (Å²) in [7, 11) is 0. The zero-order valence-corrected chi connectivity index (χ0v) is 15.4. The number of nitrogens with one attached hydrogen (secondary N) is 1. The lowest BCUT2D eigenvalue weighted by Gasteiger charge is -2.34. The highest BCUT2D eigenvalue weighted by atomic mass is 19.1. The third-order valence-electron chi connectivity index (χ3n) is 4.50. The lowest BCUT2D eigenvalue weighted by atomic mass is 10.2. The summed E-state index contributed by atoms with van der Waals surface area (Å²) in [6, 6.07) is 5.97. The van der Waals surface area contributed by atoms with Gasteiger partial charge in [0.1, 0.15) is 12.1 Å². The Hall–Kier alpha value is -2.29. The van der Waals surface area contributed by atoms with E-state index >= 15 is 0 Å². The molecule has 1 saturated heterocycles. The molecule has 2 N–H and O–H groups in total. The molecule has 2 aromatic rings. The number of carbonyl (C=O) groups excluding carboxylic acids is 1. The number of aromatic nitrogens is 1. The van der Waals surface area contributed by atoms with Gasteiger partial charge in [-0.3, -0.25) is 14.6 Å². The van der Waals surface area contributed by atoms with Crippen molar-refractivity contribution < 1.29 is 18.7 Å². The topological polar surface area (TPSA) is 81.8 Å². The molecule has 3 rings (SSSR count). The van der Waals surface area contributed by atoms with Gasteiger partial charge in [-0.25, -0.2) is 9.37 Å². The van der Waals surface area contributed by atoms with Gasteiger partial charge in [0.25, 0.3) is 5.91 Å². The van der Waals surface area contributed by atoms with E-state index in [-0.39, 0.29) is 23.5 Å². The first-order chi connectivity index (χ1) is 13.0. The SMILES string of the molecule is CC(O)CN1CCN(Cc2nc(C(=O)NCc3ccc(F)cc3)co2)CC1. The normalized spacial score (nSPS) is 17.0. The zero-order chi connectivity index (χ0) is 19.2. The number of oxazole rings is 1. The summed E-state index contributed by atoms with van der Waals surface area (Å²) in [5.41, 5.74) is 1.04. The molecule has 0 spiro atoms. The molecule has 1 amide bonds. The fourth-order valence-electron chi connectivity index (χ4n) is 3.06. The molecule has 2 heterocycles. The van der Waals surface area contributed by atoms with Gasteiger partial charge < -0.3 is 14.8 Å². The maximum atomic E-state index is 12.9. The van der Waals surface area contributed by atoms with E-state index in [1.165, 1.54) is 18.4 Å². The number of aliphatic hydroxyl groups is 1. The van der Waals surface area contributed by atoms with Crippen LogP contribution in [0.15, 0.2) is 34.9 Å². The average Bonchev–Trinajstić information content (AvgIpc) is 3.11. The summed E-state index contributed by atoms with van der Waals surface area (Å²) in [6.07, 6.45) is 1.04. The lowest BCUT2D eigenvalue weighted by Crippen LogP contribution is -2.47. The molecule has 1 unspecified atom stereocenters. The summed E-state index contributed by atoms with van der Waals surface area (Å²) < 4.78 is 18.3. The maximum absolute atomic E-state index is 12.9. The number of carbonyl (C=O) groups is 1. The van der Waals surface area contributed by atoms with Crippen molar-refractivity contribution in [2.75, 3.05) is 32.7 Å². The largest absolute Gasteiger partial charge is 0.447 e. The van der Waals surface area contributed by atoms with Crippen molar-refractivity contribution in [2.45, 2.75) is 26.1 Å². The predicted octanol–water partition coefficient (Wildman–Crippen LogP) is 1.24. The van der Waals surface area contributed by atoms with E-state index in [0.29, 0.717) is 25.5 Å². The second-order valence-electron chi connectivity index (χ2n) is 6.86. The van der Waals surface area contributed by atoms with Crippen molar-refractivity contribution in [2.24, 2.45) is 0 Å². The Bertz CT molecular complexity index is 740. The van der Waals surface area contributed by atoms with Gasteiger partial charge in [-0.2, -0.15) is 0 Å². The van der Waals surface area contributed by atoms with Crippen LogP contribution in [0, 0.1) is 5.82 Å². The second kappa shape index (κ2) is 9.07. The molecule has 1 aliphatic heterocycles. The molecule has 1 aliphatic rings. The molecule has 0 radical (unpaired) electrons. The number of halogens is 1. The van der Waals surface area contributed by atoms with Gasteiger partial charge in [0, 0.05) is 39.3 Å². The molecule has 0 saturated carbocycles. The molecule has 1 fully saturated rings. The van der Waals surface area contributed by atoms with Crippen molar-refractivity contribution in [3.05, 3.63) is 53.5 Å². The van der Waals surface area contributed by atoms with Crippen LogP contribution < -0.4 is 5.32 Å². The average molecular weight is 376 g/mol. The number of rotatable bonds is 7. The molecule has 7 nitrogen and oxygen atoms in total. The fourth-order valence-corrected chi connectivity index (χ4v) is 3.06. The molecule has 146 valence electrons. The van der Waals surface area contributed by atoms with E-state index in [1.807, 2.05) is 0 Å². The third kappa shape index (κ3) is 5.85. The van der Waals surface area contributed by atoms with Gasteiger partial charge in [-0.05, 0) is 24.6 Å². The van der Waals surface area contributed by atoms with Crippen LogP contribution in [0.3, 0.4) is 0 Å². The van der Waals surface area contributed by atoms with E-state index in [2.05, 4.69) is 20.1 Å². The molecule has 1 aromatic heterocycles. The fraction of sp³-hybridized carbons (Fsp3) is 0.474. The summed E-state index contributed by atoms with van der Waals surface area (Å²) >= 11 is 0. The lowest BCUT2D eigenvalue weighted by molar-refractivity contribution is 0.0747.